The summed E-state index contributed by atoms with van der Waals surface area (Å²) in [5.41, 5.74) is 6.04. The maximum absolute atomic E-state index is 12.3. The van der Waals surface area contributed by atoms with E-state index in [0.29, 0.717) is 5.16 Å². The van der Waals surface area contributed by atoms with E-state index < -0.39 is 0 Å². The number of benzene rings is 2. The quantitative estimate of drug-likeness (QED) is 0.551. The van der Waals surface area contributed by atoms with Crippen molar-refractivity contribution in [3.05, 3.63) is 64.5 Å². The zero-order valence-corrected chi connectivity index (χ0v) is 19.3. The van der Waals surface area contributed by atoms with Crippen LogP contribution in [0, 0.1) is 34.6 Å². The molecule has 0 fully saturated rings. The van der Waals surface area contributed by atoms with Crippen LogP contribution in [0.4, 0.5) is 5.69 Å². The van der Waals surface area contributed by atoms with E-state index in [1.807, 2.05) is 75.6 Å². The van der Waals surface area contributed by atoms with E-state index in [4.69, 9.17) is 0 Å². The Morgan fingerprint density at radius 2 is 1.55 bits per heavy atom. The molecule has 1 heterocycles. The lowest BCUT2D eigenvalue weighted by Gasteiger charge is -2.13. The molecule has 0 aliphatic carbocycles. The van der Waals surface area contributed by atoms with Crippen LogP contribution in [0.3, 0.4) is 0 Å². The predicted octanol–water partition coefficient (Wildman–Crippen LogP) is 3.66. The van der Waals surface area contributed by atoms with E-state index in [1.165, 1.54) is 11.8 Å². The molecular weight excluding hydrogens is 410 g/mol. The Hall–Kier alpha value is -3.13. The van der Waals surface area contributed by atoms with Crippen molar-refractivity contribution in [3.8, 4) is 5.69 Å². The molecule has 2 amide bonds. The third-order valence-electron chi connectivity index (χ3n) is 4.81. The summed E-state index contributed by atoms with van der Waals surface area (Å²) in [6.45, 7) is 9.74. The van der Waals surface area contributed by atoms with Gasteiger partial charge in [0.1, 0.15) is 5.82 Å². The van der Waals surface area contributed by atoms with Gasteiger partial charge in [-0.3, -0.25) is 14.2 Å². The van der Waals surface area contributed by atoms with Crippen molar-refractivity contribution in [3.63, 3.8) is 0 Å². The summed E-state index contributed by atoms with van der Waals surface area (Å²) in [7, 11) is 0. The van der Waals surface area contributed by atoms with Gasteiger partial charge in [0.25, 0.3) is 0 Å². The number of rotatable bonds is 7. The van der Waals surface area contributed by atoms with Gasteiger partial charge < -0.3 is 10.6 Å². The lowest BCUT2D eigenvalue weighted by Crippen LogP contribution is -2.34. The monoisotopic (exact) mass is 437 g/mol. The second-order valence-electron chi connectivity index (χ2n) is 7.59. The van der Waals surface area contributed by atoms with Gasteiger partial charge in [-0.05, 0) is 57.9 Å². The number of nitrogens with one attached hydrogen (secondary N) is 2. The molecule has 0 radical (unpaired) electrons. The van der Waals surface area contributed by atoms with Gasteiger partial charge in [-0.2, -0.15) is 0 Å². The molecule has 0 aliphatic heterocycles. The minimum Gasteiger partial charge on any atom is -0.346 e. The molecule has 2 aromatic carbocycles. The topological polar surface area (TPSA) is 88.9 Å². The van der Waals surface area contributed by atoms with Crippen LogP contribution >= 0.6 is 11.8 Å². The molecule has 0 bridgehead atoms. The first-order valence-electron chi connectivity index (χ1n) is 10.0. The molecule has 3 aromatic rings. The molecule has 0 saturated heterocycles. The van der Waals surface area contributed by atoms with Crippen LogP contribution in [-0.2, 0) is 9.59 Å². The van der Waals surface area contributed by atoms with Gasteiger partial charge in [0.05, 0.1) is 12.3 Å². The zero-order valence-electron chi connectivity index (χ0n) is 18.4. The van der Waals surface area contributed by atoms with Crippen molar-refractivity contribution in [1.82, 2.24) is 20.1 Å². The van der Waals surface area contributed by atoms with Gasteiger partial charge in [-0.15, -0.1) is 10.2 Å². The number of hydrogen-bond donors (Lipinski definition) is 2. The van der Waals surface area contributed by atoms with Crippen molar-refractivity contribution < 1.29 is 9.59 Å². The number of thioether (sulfide) groups is 1. The number of amides is 2. The van der Waals surface area contributed by atoms with E-state index in [9.17, 15) is 9.59 Å². The van der Waals surface area contributed by atoms with E-state index in [0.717, 1.165) is 39.5 Å². The van der Waals surface area contributed by atoms with Crippen LogP contribution in [0.1, 0.15) is 28.1 Å². The molecule has 1 aromatic heterocycles. The molecule has 0 aliphatic rings. The Morgan fingerprint density at radius 3 is 2.19 bits per heavy atom. The van der Waals surface area contributed by atoms with Gasteiger partial charge in [0, 0.05) is 11.4 Å². The Balaban J connectivity index is 1.55. The summed E-state index contributed by atoms with van der Waals surface area (Å²) in [4.78, 5) is 24.6. The first-order valence-corrected chi connectivity index (χ1v) is 11.0. The average molecular weight is 438 g/mol. The first kappa shape index (κ1) is 22.6. The molecule has 0 atom stereocenters. The van der Waals surface area contributed by atoms with Gasteiger partial charge in [-0.1, -0.05) is 47.2 Å². The molecule has 0 spiro atoms. The Labute approximate surface area is 186 Å². The SMILES string of the molecule is Cc1ccc(-n2c(C)nnc2SCC(=O)NCC(=O)Nc2c(C)cc(C)cc2C)cc1. The second kappa shape index (κ2) is 9.78. The van der Waals surface area contributed by atoms with Crippen LogP contribution in [0.15, 0.2) is 41.6 Å². The highest BCUT2D eigenvalue weighted by atomic mass is 32.2. The van der Waals surface area contributed by atoms with Gasteiger partial charge >= 0.3 is 0 Å². The smallest absolute Gasteiger partial charge is 0.243 e. The summed E-state index contributed by atoms with van der Waals surface area (Å²) in [5.74, 6) is 0.385. The van der Waals surface area contributed by atoms with Crippen LogP contribution in [0.2, 0.25) is 0 Å². The average Bonchev–Trinajstić information content (AvgIpc) is 3.08. The summed E-state index contributed by atoms with van der Waals surface area (Å²) in [6, 6.07) is 12.1. The van der Waals surface area contributed by atoms with Gasteiger partial charge in [0.15, 0.2) is 5.16 Å². The number of aryl methyl sites for hydroxylation is 5. The van der Waals surface area contributed by atoms with Crippen LogP contribution in [0.25, 0.3) is 5.69 Å². The molecule has 31 heavy (non-hydrogen) atoms. The highest BCUT2D eigenvalue weighted by molar-refractivity contribution is 7.99. The molecule has 8 heteroatoms. The van der Waals surface area contributed by atoms with Gasteiger partial charge in [0.2, 0.25) is 11.8 Å². The fourth-order valence-electron chi connectivity index (χ4n) is 3.35. The second-order valence-corrected chi connectivity index (χ2v) is 8.53. The van der Waals surface area contributed by atoms with Crippen molar-refractivity contribution in [2.24, 2.45) is 0 Å². The number of hydrogen-bond acceptors (Lipinski definition) is 5. The maximum atomic E-state index is 12.3. The number of anilines is 1. The lowest BCUT2D eigenvalue weighted by atomic mass is 10.1. The summed E-state index contributed by atoms with van der Waals surface area (Å²) in [6.07, 6.45) is 0. The molecule has 0 saturated carbocycles. The number of nitrogens with zero attached hydrogens (tertiary/aromatic N) is 3. The van der Waals surface area contributed by atoms with E-state index in [2.05, 4.69) is 20.8 Å². The number of carbonyl (C=O) groups is 2. The minimum absolute atomic E-state index is 0.0875. The van der Waals surface area contributed by atoms with Crippen LogP contribution < -0.4 is 10.6 Å². The highest BCUT2D eigenvalue weighted by Gasteiger charge is 2.14. The standard InChI is InChI=1S/C23H27N5O2S/c1-14-6-8-19(9-7-14)28-18(5)26-27-23(28)31-13-21(30)24-12-20(29)25-22-16(3)10-15(2)11-17(22)4/h6-11H,12-13H2,1-5H3,(H,24,30)(H,25,29). The Morgan fingerprint density at radius 1 is 0.903 bits per heavy atom. The molecule has 2 N–H and O–H groups in total. The molecular formula is C23H27N5O2S. The zero-order chi connectivity index (χ0) is 22.5. The summed E-state index contributed by atoms with van der Waals surface area (Å²) in [5, 5.41) is 14.5. The third kappa shape index (κ3) is 5.73. The summed E-state index contributed by atoms with van der Waals surface area (Å²) >= 11 is 1.28. The maximum Gasteiger partial charge on any atom is 0.243 e. The minimum atomic E-state index is -0.257. The predicted molar refractivity (Wildman–Crippen MR) is 124 cm³/mol. The molecule has 7 nitrogen and oxygen atoms in total. The normalized spacial score (nSPS) is 10.7. The number of aromatic nitrogens is 3. The number of carbonyl (C=O) groups excluding carboxylic acids is 2. The van der Waals surface area contributed by atoms with Crippen molar-refractivity contribution >= 4 is 29.3 Å². The highest BCUT2D eigenvalue weighted by Crippen LogP contribution is 2.23. The van der Waals surface area contributed by atoms with E-state index in [-0.39, 0.29) is 24.1 Å². The fourth-order valence-corrected chi connectivity index (χ4v) is 4.18. The van der Waals surface area contributed by atoms with Gasteiger partial charge in [-0.25, -0.2) is 0 Å². The van der Waals surface area contributed by atoms with E-state index >= 15 is 0 Å². The fraction of sp³-hybridized carbons (Fsp3) is 0.304. The van der Waals surface area contributed by atoms with Crippen LogP contribution in [0.5, 0.6) is 0 Å². The van der Waals surface area contributed by atoms with Crippen molar-refractivity contribution in [2.75, 3.05) is 17.6 Å². The van der Waals surface area contributed by atoms with Crippen molar-refractivity contribution in [2.45, 2.75) is 39.8 Å². The first-order chi connectivity index (χ1) is 14.7. The van der Waals surface area contributed by atoms with Crippen LogP contribution in [-0.4, -0.2) is 38.9 Å². The lowest BCUT2D eigenvalue weighted by molar-refractivity contribution is -0.122. The van der Waals surface area contributed by atoms with E-state index in [1.54, 1.807) is 0 Å². The largest absolute Gasteiger partial charge is 0.346 e. The van der Waals surface area contributed by atoms with Crippen molar-refractivity contribution in [1.29, 1.82) is 0 Å². The molecule has 162 valence electrons. The third-order valence-corrected chi connectivity index (χ3v) is 5.74. The Kier molecular flexibility index (Phi) is 7.12. The Bertz CT molecular complexity index is 1080. The summed E-state index contributed by atoms with van der Waals surface area (Å²) < 4.78 is 1.91. The molecule has 0 unspecified atom stereocenters. The molecule has 3 rings (SSSR count).